The summed E-state index contributed by atoms with van der Waals surface area (Å²) in [6.45, 7) is 13.7. The van der Waals surface area contributed by atoms with E-state index < -0.39 is 25.9 Å². The van der Waals surface area contributed by atoms with Crippen LogP contribution in [0.1, 0.15) is 18.4 Å². The third-order valence-electron chi connectivity index (χ3n) is 7.75. The van der Waals surface area contributed by atoms with Crippen molar-refractivity contribution in [1.82, 2.24) is 14.9 Å². The second kappa shape index (κ2) is 11.7. The molecule has 0 aliphatic carbocycles. The zero-order chi connectivity index (χ0) is 29.3. The van der Waals surface area contributed by atoms with Gasteiger partial charge in [0.05, 0.1) is 28.4 Å². The molecule has 2 unspecified atom stereocenters. The lowest BCUT2D eigenvalue weighted by Gasteiger charge is -2.32. The Balaban J connectivity index is 1.27. The van der Waals surface area contributed by atoms with Gasteiger partial charge in [-0.15, -0.1) is 0 Å². The summed E-state index contributed by atoms with van der Waals surface area (Å²) < 4.78 is 22.6. The van der Waals surface area contributed by atoms with E-state index in [-0.39, 0.29) is 23.4 Å². The number of benzene rings is 1. The van der Waals surface area contributed by atoms with Crippen LogP contribution in [0.15, 0.2) is 30.2 Å². The van der Waals surface area contributed by atoms with E-state index >= 15 is 0 Å². The highest BCUT2D eigenvalue weighted by Crippen LogP contribution is 2.35. The average Bonchev–Trinajstić information content (AvgIpc) is 3.53. The van der Waals surface area contributed by atoms with Gasteiger partial charge >= 0.3 is 0 Å². The molecule has 5 rings (SSSR count). The molecule has 41 heavy (non-hydrogen) atoms. The SMILES string of the molecule is COc1nc(N2CCC(CN3CCC3)C2)nc(OC)c1NC(=O)C1OC(Oc2cc([Si](C)(C)C)ccc2C)=CC1=O. The van der Waals surface area contributed by atoms with Gasteiger partial charge in [0.1, 0.15) is 5.75 Å². The normalized spacial score (nSPS) is 20.8. The van der Waals surface area contributed by atoms with Crippen LogP contribution < -0.4 is 29.6 Å². The second-order valence-electron chi connectivity index (χ2n) is 11.9. The lowest BCUT2D eigenvalue weighted by molar-refractivity contribution is -0.134. The molecule has 0 saturated carbocycles. The molecule has 2 fully saturated rings. The molecule has 2 aromatic rings. The lowest BCUT2D eigenvalue weighted by Crippen LogP contribution is -2.41. The van der Waals surface area contributed by atoms with Crippen LogP contribution in [-0.2, 0) is 14.3 Å². The fourth-order valence-electron chi connectivity index (χ4n) is 5.16. The number of carbonyl (C=O) groups excluding carboxylic acids is 2. The van der Waals surface area contributed by atoms with E-state index in [4.69, 9.17) is 18.9 Å². The first kappa shape index (κ1) is 28.9. The molecule has 3 aliphatic rings. The summed E-state index contributed by atoms with van der Waals surface area (Å²) in [6.07, 6.45) is 2.10. The van der Waals surface area contributed by atoms with Gasteiger partial charge in [-0.25, -0.2) is 0 Å². The number of carbonyl (C=O) groups is 2. The first-order chi connectivity index (χ1) is 19.5. The molecule has 4 heterocycles. The molecule has 1 aromatic carbocycles. The number of nitrogens with zero attached hydrogens (tertiary/aromatic N) is 4. The van der Waals surface area contributed by atoms with Gasteiger partial charge in [0.15, 0.2) is 5.69 Å². The van der Waals surface area contributed by atoms with Crippen LogP contribution in [0.3, 0.4) is 0 Å². The number of aryl methyl sites for hydroxylation is 1. The largest absolute Gasteiger partial charge is 0.479 e. The maximum absolute atomic E-state index is 13.2. The molecule has 1 aromatic heterocycles. The predicted octanol–water partition coefficient (Wildman–Crippen LogP) is 2.71. The summed E-state index contributed by atoms with van der Waals surface area (Å²) in [5, 5.41) is 3.89. The van der Waals surface area contributed by atoms with E-state index in [1.54, 1.807) is 0 Å². The maximum atomic E-state index is 13.2. The van der Waals surface area contributed by atoms with E-state index in [0.29, 0.717) is 17.6 Å². The van der Waals surface area contributed by atoms with Crippen molar-refractivity contribution in [2.24, 2.45) is 5.92 Å². The highest BCUT2D eigenvalue weighted by atomic mass is 28.3. The first-order valence-electron chi connectivity index (χ1n) is 14.0. The number of ether oxygens (including phenoxy) is 4. The number of rotatable bonds is 10. The van der Waals surface area contributed by atoms with Gasteiger partial charge in [0.2, 0.25) is 29.6 Å². The zero-order valence-electron chi connectivity index (χ0n) is 24.7. The molecule has 2 atom stereocenters. The second-order valence-corrected chi connectivity index (χ2v) is 16.9. The van der Waals surface area contributed by atoms with Crippen LogP contribution >= 0.6 is 0 Å². The minimum Gasteiger partial charge on any atom is -0.479 e. The number of likely N-dealkylation sites (tertiary alicyclic amines) is 1. The van der Waals surface area contributed by atoms with Gasteiger partial charge < -0.3 is 34.1 Å². The molecule has 220 valence electrons. The summed E-state index contributed by atoms with van der Waals surface area (Å²) >= 11 is 0. The Morgan fingerprint density at radius 1 is 1.12 bits per heavy atom. The summed E-state index contributed by atoms with van der Waals surface area (Å²) in [5.74, 6) is 0.624. The average molecular weight is 582 g/mol. The molecule has 11 nitrogen and oxygen atoms in total. The van der Waals surface area contributed by atoms with Gasteiger partial charge in [-0.05, 0) is 50.4 Å². The van der Waals surface area contributed by atoms with Crippen molar-refractivity contribution in [3.05, 3.63) is 35.8 Å². The van der Waals surface area contributed by atoms with Crippen LogP contribution in [0.25, 0.3) is 0 Å². The van der Waals surface area contributed by atoms with Crippen LogP contribution in [0.5, 0.6) is 17.5 Å². The highest BCUT2D eigenvalue weighted by molar-refractivity contribution is 6.88. The summed E-state index contributed by atoms with van der Waals surface area (Å²) in [4.78, 5) is 39.7. The monoisotopic (exact) mass is 581 g/mol. The van der Waals surface area contributed by atoms with E-state index in [9.17, 15) is 9.59 Å². The molecule has 0 spiro atoms. The molecule has 12 heteroatoms. The Morgan fingerprint density at radius 3 is 2.44 bits per heavy atom. The van der Waals surface area contributed by atoms with Crippen molar-refractivity contribution in [2.45, 2.75) is 45.5 Å². The number of anilines is 2. The number of nitrogens with one attached hydrogen (secondary N) is 1. The van der Waals surface area contributed by atoms with Crippen LogP contribution in [-0.4, -0.2) is 87.7 Å². The van der Waals surface area contributed by atoms with Crippen LogP contribution in [0.4, 0.5) is 11.6 Å². The van der Waals surface area contributed by atoms with Crippen molar-refractivity contribution in [1.29, 1.82) is 0 Å². The smallest absolute Gasteiger partial charge is 0.289 e. The van der Waals surface area contributed by atoms with E-state index in [2.05, 4.69) is 50.8 Å². The van der Waals surface area contributed by atoms with E-state index in [1.807, 2.05) is 19.1 Å². The molecule has 1 amide bonds. The van der Waals surface area contributed by atoms with Gasteiger partial charge in [0, 0.05) is 19.6 Å². The van der Waals surface area contributed by atoms with Crippen molar-refractivity contribution >= 4 is 36.6 Å². The molecule has 2 saturated heterocycles. The van der Waals surface area contributed by atoms with Gasteiger partial charge in [-0.3, -0.25) is 9.59 Å². The first-order valence-corrected chi connectivity index (χ1v) is 17.5. The van der Waals surface area contributed by atoms with Gasteiger partial charge in [-0.1, -0.05) is 37.0 Å². The standard InChI is InChI=1S/C29H39N5O6Si/c1-18-8-9-20(41(4,5)6)14-22(18)39-23-15-21(35)25(40-23)26(36)30-24-27(37-2)31-29(32-28(24)38-3)34-13-10-19(17-34)16-33-11-7-12-33/h8-9,14-15,19,25H,7,10-13,16-17H2,1-6H3,(H,30,36). The van der Waals surface area contributed by atoms with Crippen molar-refractivity contribution in [3.63, 3.8) is 0 Å². The fraction of sp³-hybridized carbons (Fsp3) is 0.517. The van der Waals surface area contributed by atoms with Crippen molar-refractivity contribution in [3.8, 4) is 17.5 Å². The third kappa shape index (κ3) is 6.33. The summed E-state index contributed by atoms with van der Waals surface area (Å²) in [5.41, 5.74) is 1.03. The number of amides is 1. The topological polar surface area (TPSA) is 115 Å². The molecular formula is C29H39N5O6Si. The Bertz CT molecular complexity index is 1330. The Kier molecular flexibility index (Phi) is 8.23. The van der Waals surface area contributed by atoms with E-state index in [1.165, 1.54) is 45.0 Å². The Morgan fingerprint density at radius 2 is 1.83 bits per heavy atom. The number of hydrogen-bond acceptors (Lipinski definition) is 10. The van der Waals surface area contributed by atoms with Gasteiger partial charge in [-0.2, -0.15) is 9.97 Å². The van der Waals surface area contributed by atoms with E-state index in [0.717, 1.165) is 31.6 Å². The van der Waals surface area contributed by atoms with Crippen LogP contribution in [0, 0.1) is 12.8 Å². The molecule has 0 radical (unpaired) electrons. The number of ketones is 1. The number of hydrogen-bond donors (Lipinski definition) is 1. The predicted molar refractivity (Wildman–Crippen MR) is 158 cm³/mol. The quantitative estimate of drug-likeness (QED) is 0.332. The minimum atomic E-state index is -1.58. The number of aromatic nitrogens is 2. The maximum Gasteiger partial charge on any atom is 0.289 e. The molecule has 3 aliphatic heterocycles. The lowest BCUT2D eigenvalue weighted by atomic mass is 10.1. The minimum absolute atomic E-state index is 0.0293. The fourth-order valence-corrected chi connectivity index (χ4v) is 6.30. The summed E-state index contributed by atoms with van der Waals surface area (Å²) in [7, 11) is 1.33. The van der Waals surface area contributed by atoms with Crippen molar-refractivity contribution in [2.75, 3.05) is 57.2 Å². The van der Waals surface area contributed by atoms with Crippen LogP contribution in [0.2, 0.25) is 19.6 Å². The molecular weight excluding hydrogens is 542 g/mol. The zero-order valence-corrected chi connectivity index (χ0v) is 25.7. The summed E-state index contributed by atoms with van der Waals surface area (Å²) in [6, 6.07) is 6.07. The molecule has 1 N–H and O–H groups in total. The van der Waals surface area contributed by atoms with Gasteiger partial charge in [0.25, 0.3) is 11.9 Å². The number of methoxy groups -OCH3 is 2. The highest BCUT2D eigenvalue weighted by Gasteiger charge is 2.37. The third-order valence-corrected chi connectivity index (χ3v) is 9.80. The Hall–Kier alpha value is -3.64. The Labute approximate surface area is 241 Å². The van der Waals surface area contributed by atoms with Crippen molar-refractivity contribution < 1.29 is 28.5 Å². The molecule has 0 bridgehead atoms.